The number of benzene rings is 8. The molecule has 3 heterocycles. The Hall–Kier alpha value is -6.88. The topological polar surface area (TPSA) is 21.3 Å². The van der Waals surface area contributed by atoms with Crippen molar-refractivity contribution in [2.24, 2.45) is 0 Å². The van der Waals surface area contributed by atoms with Crippen molar-refractivity contribution >= 4 is 93.4 Å². The van der Waals surface area contributed by atoms with Crippen LogP contribution in [0.5, 0.6) is 0 Å². The first-order chi connectivity index (χ1) is 27.8. The molecule has 0 amide bonds. The molecule has 0 N–H and O–H groups in total. The minimum Gasteiger partial charge on any atom is -0.456 e. The van der Waals surface area contributed by atoms with E-state index in [2.05, 4.69) is 198 Å². The van der Waals surface area contributed by atoms with Crippen molar-refractivity contribution in [2.45, 2.75) is 12.5 Å². The first kappa shape index (κ1) is 31.5. The van der Waals surface area contributed by atoms with Gasteiger partial charge in [-0.1, -0.05) is 127 Å². The van der Waals surface area contributed by atoms with E-state index in [1.807, 2.05) is 11.3 Å². The van der Waals surface area contributed by atoms with Gasteiger partial charge in [-0.3, -0.25) is 0 Å². The van der Waals surface area contributed by atoms with E-state index in [1.165, 1.54) is 58.9 Å². The van der Waals surface area contributed by atoms with Gasteiger partial charge in [-0.25, -0.2) is 0 Å². The molecule has 1 unspecified atom stereocenters. The van der Waals surface area contributed by atoms with E-state index < -0.39 is 0 Å². The molecule has 3 aromatic heterocycles. The molecule has 0 bridgehead atoms. The third kappa shape index (κ3) is 4.69. The van der Waals surface area contributed by atoms with E-state index in [0.29, 0.717) is 0 Å². The highest BCUT2D eigenvalue weighted by atomic mass is 32.1. The van der Waals surface area contributed by atoms with Crippen LogP contribution >= 0.6 is 11.3 Å². The van der Waals surface area contributed by atoms with Gasteiger partial charge in [0, 0.05) is 65.2 Å². The largest absolute Gasteiger partial charge is 0.456 e. The molecule has 56 heavy (non-hydrogen) atoms. The summed E-state index contributed by atoms with van der Waals surface area (Å²) in [7, 11) is 0. The predicted octanol–water partition coefficient (Wildman–Crippen LogP) is 15.0. The number of hydrogen-bond acceptors (Lipinski definition) is 3. The van der Waals surface area contributed by atoms with Crippen molar-refractivity contribution in [3.05, 3.63) is 192 Å². The molecule has 0 aliphatic heterocycles. The maximum Gasteiger partial charge on any atom is 0.138 e. The fourth-order valence-electron chi connectivity index (χ4n) is 9.25. The number of furan rings is 1. The van der Waals surface area contributed by atoms with E-state index in [1.54, 1.807) is 0 Å². The third-order valence-corrected chi connectivity index (χ3v) is 13.0. The predicted molar refractivity (Wildman–Crippen MR) is 238 cm³/mol. The molecule has 12 rings (SSSR count). The highest BCUT2D eigenvalue weighted by Crippen LogP contribution is 2.50. The molecular formula is C52H34N2OS. The summed E-state index contributed by atoms with van der Waals surface area (Å²) in [6, 6.07) is 64.1. The van der Waals surface area contributed by atoms with Crippen LogP contribution in [-0.4, -0.2) is 4.57 Å². The summed E-state index contributed by atoms with van der Waals surface area (Å²) in [4.78, 5) is 3.97. The molecule has 0 spiro atoms. The van der Waals surface area contributed by atoms with Crippen LogP contribution in [0.25, 0.3) is 87.5 Å². The van der Waals surface area contributed by atoms with Crippen molar-refractivity contribution in [3.63, 3.8) is 0 Å². The summed E-state index contributed by atoms with van der Waals surface area (Å²) in [6.07, 6.45) is 5.61. The zero-order chi connectivity index (χ0) is 36.7. The van der Waals surface area contributed by atoms with Crippen LogP contribution in [0.15, 0.2) is 186 Å². The number of nitrogens with zero attached hydrogens (tertiary/aromatic N) is 2. The number of fused-ring (bicyclic) bond motifs is 10. The molecule has 0 fully saturated rings. The molecule has 4 heteroatoms. The second-order valence-corrected chi connectivity index (χ2v) is 15.9. The van der Waals surface area contributed by atoms with Crippen molar-refractivity contribution in [2.75, 3.05) is 4.90 Å². The zero-order valence-corrected chi connectivity index (χ0v) is 31.2. The SMILES string of the molecule is C1=Cc2c(sc3ccccc23)C(N(c2ccccc2)c2ccc3c4c(-c5ccc6ccccc6c5)c5c(cc4n(-c4ccccc4)c3c2)oc2ccccc25)C1. The highest BCUT2D eigenvalue weighted by molar-refractivity contribution is 7.19. The fraction of sp³-hybridized carbons (Fsp3) is 0.0385. The standard InChI is InChI=1S/C52H34N2OS/c1-3-16-36(17-4-1)53(43-23-13-22-40-39-20-10-12-25-48(39)56-52(40)43)38-28-29-41-44(31-38)54(37-18-5-2-6-19-37)45-32-47-51(42-21-9-11-24-46(42)55-47)49(50(41)45)35-27-26-33-14-7-8-15-34(33)30-35/h1-22,24-32,43H,23H2. The first-order valence-electron chi connectivity index (χ1n) is 19.3. The summed E-state index contributed by atoms with van der Waals surface area (Å²) >= 11 is 1.93. The number of rotatable bonds is 5. The van der Waals surface area contributed by atoms with Crippen molar-refractivity contribution in [1.82, 2.24) is 4.57 Å². The Labute approximate surface area is 327 Å². The fourth-order valence-corrected chi connectivity index (χ4v) is 10.6. The molecule has 11 aromatic rings. The summed E-state index contributed by atoms with van der Waals surface area (Å²) in [6.45, 7) is 0. The number of hydrogen-bond donors (Lipinski definition) is 0. The molecule has 1 aliphatic rings. The van der Waals surface area contributed by atoms with Gasteiger partial charge in [-0.15, -0.1) is 11.3 Å². The minimum absolute atomic E-state index is 0.142. The maximum atomic E-state index is 6.73. The lowest BCUT2D eigenvalue weighted by molar-refractivity contribution is 0.669. The minimum atomic E-state index is 0.142. The average molecular weight is 735 g/mol. The smallest absolute Gasteiger partial charge is 0.138 e. The van der Waals surface area contributed by atoms with E-state index in [9.17, 15) is 0 Å². The Kier molecular flexibility index (Phi) is 6.92. The monoisotopic (exact) mass is 734 g/mol. The molecule has 1 aliphatic carbocycles. The van der Waals surface area contributed by atoms with E-state index >= 15 is 0 Å². The summed E-state index contributed by atoms with van der Waals surface area (Å²) < 4.78 is 10.5. The summed E-state index contributed by atoms with van der Waals surface area (Å²) in [5, 5.41) is 8.50. The molecule has 264 valence electrons. The van der Waals surface area contributed by atoms with Crippen molar-refractivity contribution in [3.8, 4) is 16.8 Å². The lowest BCUT2D eigenvalue weighted by Gasteiger charge is -2.35. The van der Waals surface area contributed by atoms with Crippen LogP contribution in [0, 0.1) is 0 Å². The molecule has 0 saturated carbocycles. The van der Waals surface area contributed by atoms with Crippen LogP contribution < -0.4 is 4.90 Å². The van der Waals surface area contributed by atoms with Crippen LogP contribution in [0.4, 0.5) is 11.4 Å². The van der Waals surface area contributed by atoms with Gasteiger partial charge in [0.2, 0.25) is 0 Å². The van der Waals surface area contributed by atoms with Crippen LogP contribution in [0.3, 0.4) is 0 Å². The Morgan fingerprint density at radius 1 is 0.554 bits per heavy atom. The normalized spacial score (nSPS) is 14.1. The van der Waals surface area contributed by atoms with Crippen LogP contribution in [-0.2, 0) is 0 Å². The Morgan fingerprint density at radius 2 is 1.30 bits per heavy atom. The molecule has 8 aromatic carbocycles. The first-order valence-corrected chi connectivity index (χ1v) is 20.1. The van der Waals surface area contributed by atoms with Gasteiger partial charge in [-0.05, 0) is 82.9 Å². The number of aromatic nitrogens is 1. The number of thiophene rings is 1. The summed E-state index contributed by atoms with van der Waals surface area (Å²) in [5.74, 6) is 0. The van der Waals surface area contributed by atoms with Crippen LogP contribution in [0.1, 0.15) is 22.9 Å². The van der Waals surface area contributed by atoms with Gasteiger partial charge in [0.15, 0.2) is 0 Å². The Balaban J connectivity index is 1.18. The van der Waals surface area contributed by atoms with Gasteiger partial charge >= 0.3 is 0 Å². The van der Waals surface area contributed by atoms with E-state index in [4.69, 9.17) is 4.42 Å². The van der Waals surface area contributed by atoms with Gasteiger partial charge < -0.3 is 13.9 Å². The highest BCUT2D eigenvalue weighted by Gasteiger charge is 2.30. The lowest BCUT2D eigenvalue weighted by atomic mass is 9.92. The number of para-hydroxylation sites is 3. The second kappa shape index (κ2) is 12.3. The van der Waals surface area contributed by atoms with Gasteiger partial charge in [0.1, 0.15) is 11.2 Å². The van der Waals surface area contributed by atoms with Gasteiger partial charge in [0.25, 0.3) is 0 Å². The van der Waals surface area contributed by atoms with Crippen molar-refractivity contribution < 1.29 is 4.42 Å². The average Bonchev–Trinajstić information content (AvgIpc) is 3.93. The molecule has 0 radical (unpaired) electrons. The zero-order valence-electron chi connectivity index (χ0n) is 30.4. The van der Waals surface area contributed by atoms with Crippen molar-refractivity contribution in [1.29, 1.82) is 0 Å². The quantitative estimate of drug-likeness (QED) is 0.176. The molecular weight excluding hydrogens is 701 g/mol. The summed E-state index contributed by atoms with van der Waals surface area (Å²) in [5.41, 5.74) is 11.2. The molecule has 3 nitrogen and oxygen atoms in total. The lowest BCUT2D eigenvalue weighted by Crippen LogP contribution is -2.24. The third-order valence-electron chi connectivity index (χ3n) is 11.7. The number of anilines is 2. The van der Waals surface area contributed by atoms with Gasteiger partial charge in [0.05, 0.1) is 17.1 Å². The molecule has 0 saturated heterocycles. The van der Waals surface area contributed by atoms with E-state index in [-0.39, 0.29) is 6.04 Å². The molecule has 1 atom stereocenters. The second-order valence-electron chi connectivity index (χ2n) is 14.8. The Bertz CT molecular complexity index is 3350. The maximum absolute atomic E-state index is 6.73. The van der Waals surface area contributed by atoms with E-state index in [0.717, 1.165) is 50.8 Å². The van der Waals surface area contributed by atoms with Gasteiger partial charge in [-0.2, -0.15) is 0 Å². The van der Waals surface area contributed by atoms with Crippen LogP contribution in [0.2, 0.25) is 0 Å². The Morgan fingerprint density at radius 3 is 2.18 bits per heavy atom.